The third kappa shape index (κ3) is 4.27. The van der Waals surface area contributed by atoms with Gasteiger partial charge in [-0.25, -0.2) is 5.84 Å². The fraction of sp³-hybridized carbons (Fsp3) is 0.278. The van der Waals surface area contributed by atoms with Gasteiger partial charge in [-0.1, -0.05) is 29.9 Å². The van der Waals surface area contributed by atoms with Crippen LogP contribution in [0.3, 0.4) is 0 Å². The van der Waals surface area contributed by atoms with Crippen molar-refractivity contribution in [2.45, 2.75) is 12.8 Å². The average Bonchev–Trinajstić information content (AvgIpc) is 2.96. The van der Waals surface area contributed by atoms with E-state index in [0.29, 0.717) is 30.9 Å². The van der Waals surface area contributed by atoms with Gasteiger partial charge in [0, 0.05) is 5.92 Å². The van der Waals surface area contributed by atoms with Crippen molar-refractivity contribution in [2.24, 2.45) is 23.6 Å². The Kier molecular flexibility index (Phi) is 5.49. The van der Waals surface area contributed by atoms with Crippen molar-refractivity contribution in [3.05, 3.63) is 59.7 Å². The molecular weight excluding hydrogens is 322 g/mol. The molecule has 0 amide bonds. The maximum atomic E-state index is 12.2. The van der Waals surface area contributed by atoms with Crippen molar-refractivity contribution < 1.29 is 19.2 Å². The van der Waals surface area contributed by atoms with Gasteiger partial charge in [0.15, 0.2) is 0 Å². The van der Waals surface area contributed by atoms with Crippen LogP contribution in [-0.4, -0.2) is 12.6 Å². The zero-order valence-electron chi connectivity index (χ0n) is 13.7. The molecule has 1 fully saturated rings. The van der Waals surface area contributed by atoms with Crippen LogP contribution in [-0.2, 0) is 22.4 Å². The van der Waals surface area contributed by atoms with Crippen molar-refractivity contribution >= 4 is 5.97 Å². The van der Waals surface area contributed by atoms with Gasteiger partial charge in [-0.05, 0) is 48.2 Å². The van der Waals surface area contributed by atoms with Gasteiger partial charge >= 0.3 is 5.97 Å². The van der Waals surface area contributed by atoms with Gasteiger partial charge in [0.2, 0.25) is 0 Å². The molecule has 2 unspecified atom stereocenters. The first-order valence-corrected chi connectivity index (χ1v) is 8.03. The van der Waals surface area contributed by atoms with Crippen LogP contribution in [0.1, 0.15) is 11.1 Å². The van der Waals surface area contributed by atoms with Crippen LogP contribution >= 0.6 is 0 Å². The van der Waals surface area contributed by atoms with E-state index in [1.165, 1.54) is 0 Å². The SMILES string of the molecule is NNOc1cccc(CC2COC(=O)C2Cc2cccc(ON)c2)c1. The summed E-state index contributed by atoms with van der Waals surface area (Å²) in [5.74, 6) is 11.3. The topological polar surface area (TPSA) is 109 Å². The Bertz CT molecular complexity index is 738. The molecule has 25 heavy (non-hydrogen) atoms. The van der Waals surface area contributed by atoms with Crippen molar-refractivity contribution in [1.29, 1.82) is 0 Å². The van der Waals surface area contributed by atoms with Crippen molar-refractivity contribution in [3.63, 3.8) is 0 Å². The molecule has 0 bridgehead atoms. The van der Waals surface area contributed by atoms with E-state index >= 15 is 0 Å². The number of hydrogen-bond acceptors (Lipinski definition) is 7. The number of cyclic esters (lactones) is 1. The highest BCUT2D eigenvalue weighted by Crippen LogP contribution is 2.30. The Morgan fingerprint density at radius 2 is 1.76 bits per heavy atom. The van der Waals surface area contributed by atoms with E-state index in [1.54, 1.807) is 12.1 Å². The van der Waals surface area contributed by atoms with E-state index in [9.17, 15) is 4.79 Å². The third-order valence-corrected chi connectivity index (χ3v) is 4.37. The highest BCUT2D eigenvalue weighted by molar-refractivity contribution is 5.75. The lowest BCUT2D eigenvalue weighted by molar-refractivity contribution is -0.141. The molecule has 0 spiro atoms. The molecule has 3 rings (SSSR count). The summed E-state index contributed by atoms with van der Waals surface area (Å²) in [6, 6.07) is 15.0. The molecule has 1 aliphatic rings. The lowest BCUT2D eigenvalue weighted by Crippen LogP contribution is -2.26. The lowest BCUT2D eigenvalue weighted by atomic mass is 9.85. The minimum absolute atomic E-state index is 0.0936. The lowest BCUT2D eigenvalue weighted by Gasteiger charge is -2.16. The molecule has 0 aromatic heterocycles. The highest BCUT2D eigenvalue weighted by atomic mass is 16.7. The predicted octanol–water partition coefficient (Wildman–Crippen LogP) is 1.27. The van der Waals surface area contributed by atoms with Crippen molar-refractivity contribution in [2.75, 3.05) is 6.61 Å². The van der Waals surface area contributed by atoms with Gasteiger partial charge in [-0.3, -0.25) is 4.79 Å². The number of carbonyl (C=O) groups excluding carboxylic acids is 1. The number of nitrogens with one attached hydrogen (secondary N) is 1. The maximum absolute atomic E-state index is 12.2. The zero-order chi connectivity index (χ0) is 17.6. The second-order valence-electron chi connectivity index (χ2n) is 6.04. The largest absolute Gasteiger partial charge is 0.465 e. The number of carbonyl (C=O) groups is 1. The van der Waals surface area contributed by atoms with Gasteiger partial charge < -0.3 is 14.4 Å². The first-order chi connectivity index (χ1) is 12.2. The van der Waals surface area contributed by atoms with Gasteiger partial charge in [0.25, 0.3) is 0 Å². The minimum atomic E-state index is -0.203. The van der Waals surface area contributed by atoms with Crippen molar-refractivity contribution in [1.82, 2.24) is 5.59 Å². The number of hydrazine groups is 1. The minimum Gasteiger partial charge on any atom is -0.465 e. The van der Waals surface area contributed by atoms with E-state index < -0.39 is 0 Å². The Morgan fingerprint density at radius 3 is 2.48 bits per heavy atom. The summed E-state index contributed by atoms with van der Waals surface area (Å²) in [6.45, 7) is 0.413. The number of esters is 1. The van der Waals surface area contributed by atoms with Gasteiger partial charge in [0.1, 0.15) is 11.5 Å². The Labute approximate surface area is 145 Å². The Morgan fingerprint density at radius 1 is 1.08 bits per heavy atom. The number of benzene rings is 2. The molecule has 1 heterocycles. The second kappa shape index (κ2) is 7.98. The van der Waals surface area contributed by atoms with E-state index in [4.69, 9.17) is 26.2 Å². The van der Waals surface area contributed by atoms with Crippen LogP contribution in [0.5, 0.6) is 11.5 Å². The van der Waals surface area contributed by atoms with Crippen LogP contribution in [0.25, 0.3) is 0 Å². The summed E-state index contributed by atoms with van der Waals surface area (Å²) in [7, 11) is 0. The predicted molar refractivity (Wildman–Crippen MR) is 91.0 cm³/mol. The summed E-state index contributed by atoms with van der Waals surface area (Å²) < 4.78 is 5.30. The maximum Gasteiger partial charge on any atom is 0.309 e. The summed E-state index contributed by atoms with van der Waals surface area (Å²) in [4.78, 5) is 22.0. The molecule has 1 saturated heterocycles. The zero-order valence-corrected chi connectivity index (χ0v) is 13.7. The number of ether oxygens (including phenoxy) is 1. The number of rotatable bonds is 7. The molecule has 132 valence electrons. The van der Waals surface area contributed by atoms with E-state index in [-0.39, 0.29) is 17.8 Å². The van der Waals surface area contributed by atoms with E-state index in [1.807, 2.05) is 36.4 Å². The first kappa shape index (κ1) is 17.2. The van der Waals surface area contributed by atoms with Crippen LogP contribution < -0.4 is 27.0 Å². The van der Waals surface area contributed by atoms with Crippen LogP contribution in [0.15, 0.2) is 48.5 Å². The van der Waals surface area contributed by atoms with Gasteiger partial charge in [0.05, 0.1) is 12.5 Å². The number of nitrogens with two attached hydrogens (primary N) is 2. The van der Waals surface area contributed by atoms with Gasteiger partial charge in [-0.2, -0.15) is 5.90 Å². The Balaban J connectivity index is 1.72. The molecular formula is C18H21N3O4. The van der Waals surface area contributed by atoms with Gasteiger partial charge in [-0.15, -0.1) is 0 Å². The quantitative estimate of drug-likeness (QED) is 0.394. The fourth-order valence-electron chi connectivity index (χ4n) is 3.16. The molecule has 0 aliphatic carbocycles. The molecule has 2 atom stereocenters. The van der Waals surface area contributed by atoms with Crippen molar-refractivity contribution in [3.8, 4) is 11.5 Å². The fourth-order valence-corrected chi connectivity index (χ4v) is 3.16. The molecule has 0 radical (unpaired) electrons. The summed E-state index contributed by atoms with van der Waals surface area (Å²) in [5.41, 5.74) is 4.21. The molecule has 7 nitrogen and oxygen atoms in total. The number of hydrogen-bond donors (Lipinski definition) is 3. The molecule has 2 aromatic rings. The standard InChI is InChI=1S/C18H21N3O4/c19-21-25-16-6-2-3-12(9-16)7-14-11-23-18(22)17(14)10-13-4-1-5-15(8-13)24-20/h1-6,8-9,14,17,21H,7,10-11,19-20H2. The summed E-state index contributed by atoms with van der Waals surface area (Å²) >= 11 is 0. The van der Waals surface area contributed by atoms with Crippen LogP contribution in [0.2, 0.25) is 0 Å². The monoisotopic (exact) mass is 343 g/mol. The molecule has 0 saturated carbocycles. The summed E-state index contributed by atoms with van der Waals surface area (Å²) in [6.07, 6.45) is 1.30. The second-order valence-corrected chi connectivity index (χ2v) is 6.04. The average molecular weight is 343 g/mol. The highest BCUT2D eigenvalue weighted by Gasteiger charge is 2.36. The molecule has 7 heteroatoms. The summed E-state index contributed by atoms with van der Waals surface area (Å²) in [5, 5.41) is 0. The smallest absolute Gasteiger partial charge is 0.309 e. The molecule has 1 aliphatic heterocycles. The van der Waals surface area contributed by atoms with Crippen LogP contribution in [0, 0.1) is 11.8 Å². The van der Waals surface area contributed by atoms with E-state index in [0.717, 1.165) is 11.1 Å². The third-order valence-electron chi connectivity index (χ3n) is 4.37. The van der Waals surface area contributed by atoms with E-state index in [2.05, 4.69) is 5.59 Å². The normalized spacial score (nSPS) is 19.5. The molecule has 2 aromatic carbocycles. The molecule has 5 N–H and O–H groups in total. The van der Waals surface area contributed by atoms with Crippen LogP contribution in [0.4, 0.5) is 0 Å². The first-order valence-electron chi connectivity index (χ1n) is 8.03. The Hall–Kier alpha value is -2.61.